The smallest absolute Gasteiger partial charge is 0.154 e. The van der Waals surface area contributed by atoms with Crippen LogP contribution in [0.2, 0.25) is 0 Å². The topological polar surface area (TPSA) is 3.24 Å². The molecule has 0 amide bonds. The minimum atomic E-state index is -0.681. The van der Waals surface area contributed by atoms with E-state index in [9.17, 15) is 0 Å². The van der Waals surface area contributed by atoms with E-state index < -0.39 is 11.0 Å². The Labute approximate surface area is 320 Å². The molecule has 1 spiro atoms. The van der Waals surface area contributed by atoms with Crippen molar-refractivity contribution in [2.45, 2.75) is 31.7 Å². The van der Waals surface area contributed by atoms with Gasteiger partial charge >= 0.3 is 0 Å². The fourth-order valence-corrected chi connectivity index (χ4v) is 9.47. The van der Waals surface area contributed by atoms with E-state index in [-0.39, 0.29) is 11.6 Å². The molecule has 0 radical (unpaired) electrons. The molecular formula is C47H39B4F2N. The van der Waals surface area contributed by atoms with Gasteiger partial charge in [-0.3, -0.25) is 0 Å². The van der Waals surface area contributed by atoms with Gasteiger partial charge in [-0.1, -0.05) is 143 Å². The first-order chi connectivity index (χ1) is 26.0. The van der Waals surface area contributed by atoms with Gasteiger partial charge in [-0.25, -0.2) is 8.78 Å². The van der Waals surface area contributed by atoms with Gasteiger partial charge in [0, 0.05) is 11.1 Å². The molecule has 54 heavy (non-hydrogen) atoms. The fourth-order valence-electron chi connectivity index (χ4n) is 9.47. The van der Waals surface area contributed by atoms with Crippen LogP contribution in [0.25, 0.3) is 44.5 Å². The fraction of sp³-hybridized carbons (Fsp3) is 0.106. The number of fused-ring (bicyclic) bond motifs is 10. The molecular weight excluding hydrogens is 660 g/mol. The second-order valence-electron chi connectivity index (χ2n) is 16.0. The maximum absolute atomic E-state index is 17.6. The summed E-state index contributed by atoms with van der Waals surface area (Å²) >= 11 is 0. The van der Waals surface area contributed by atoms with E-state index in [2.05, 4.69) is 91.0 Å². The molecule has 0 heterocycles. The summed E-state index contributed by atoms with van der Waals surface area (Å²) in [6, 6.07) is 46.6. The van der Waals surface area contributed by atoms with Gasteiger partial charge in [0.05, 0.1) is 16.8 Å². The summed E-state index contributed by atoms with van der Waals surface area (Å²) in [7, 11) is 7.77. The Morgan fingerprint density at radius 2 is 0.963 bits per heavy atom. The van der Waals surface area contributed by atoms with Gasteiger partial charge in [0.15, 0.2) is 5.82 Å². The second-order valence-corrected chi connectivity index (χ2v) is 16.0. The Balaban J connectivity index is 1.38. The first-order valence-electron chi connectivity index (χ1n) is 18.8. The standard InChI is InChI=1S/C47H39B4F2N/c1-46(2,3)54(45-42(51)40(49)39(48)41(50)44(45)53)37-25-27(24-32(43(37)52)26-14-5-4-6-15-26)28-19-13-23-36-38(28)31-18-9-12-22-35(31)47(36)33-20-10-7-16-29(33)30-17-8-11-21-34(30)47/h4-25H,48-51H2,1-3H3. The molecule has 0 saturated carbocycles. The van der Waals surface area contributed by atoms with Crippen LogP contribution in [-0.4, -0.2) is 36.9 Å². The quantitative estimate of drug-likeness (QED) is 0.216. The maximum atomic E-state index is 17.6. The highest BCUT2D eigenvalue weighted by Gasteiger charge is 2.52. The molecule has 9 rings (SSSR count). The molecule has 2 aliphatic carbocycles. The minimum Gasteiger partial charge on any atom is -0.332 e. The zero-order valence-electron chi connectivity index (χ0n) is 31.9. The van der Waals surface area contributed by atoms with Crippen LogP contribution in [0.4, 0.5) is 20.2 Å². The van der Waals surface area contributed by atoms with Crippen LogP contribution in [0.1, 0.15) is 43.0 Å². The van der Waals surface area contributed by atoms with Crippen molar-refractivity contribution in [3.63, 3.8) is 0 Å². The van der Waals surface area contributed by atoms with Gasteiger partial charge < -0.3 is 4.90 Å². The first-order valence-corrected chi connectivity index (χ1v) is 18.8. The Morgan fingerprint density at radius 3 is 1.57 bits per heavy atom. The minimum absolute atomic E-state index is 0.313. The number of rotatable bonds is 4. The number of nitrogens with zero attached hydrogens (tertiary/aromatic N) is 1. The normalized spacial score (nSPS) is 13.4. The van der Waals surface area contributed by atoms with E-state index in [0.29, 0.717) is 22.4 Å². The molecule has 0 aliphatic heterocycles. The van der Waals surface area contributed by atoms with Crippen molar-refractivity contribution in [3.8, 4) is 44.5 Å². The van der Waals surface area contributed by atoms with Crippen molar-refractivity contribution in [2.24, 2.45) is 0 Å². The van der Waals surface area contributed by atoms with Crippen LogP contribution in [0.15, 0.2) is 133 Å². The highest BCUT2D eigenvalue weighted by atomic mass is 19.1. The van der Waals surface area contributed by atoms with Crippen LogP contribution >= 0.6 is 0 Å². The van der Waals surface area contributed by atoms with Crippen molar-refractivity contribution in [2.75, 3.05) is 4.90 Å². The molecule has 2 aliphatic rings. The number of benzene rings is 7. The lowest BCUT2D eigenvalue weighted by Gasteiger charge is -2.41. The molecule has 0 aromatic heterocycles. The van der Waals surface area contributed by atoms with E-state index in [4.69, 9.17) is 0 Å². The van der Waals surface area contributed by atoms with Crippen molar-refractivity contribution in [1.29, 1.82) is 0 Å². The highest BCUT2D eigenvalue weighted by Crippen LogP contribution is 2.64. The number of hydrogen-bond acceptors (Lipinski definition) is 1. The van der Waals surface area contributed by atoms with E-state index >= 15 is 8.78 Å². The van der Waals surface area contributed by atoms with Crippen LogP contribution in [-0.2, 0) is 5.41 Å². The monoisotopic (exact) mass is 699 g/mol. The largest absolute Gasteiger partial charge is 0.332 e. The van der Waals surface area contributed by atoms with Crippen molar-refractivity contribution < 1.29 is 8.78 Å². The van der Waals surface area contributed by atoms with Gasteiger partial charge in [0.25, 0.3) is 0 Å². The molecule has 0 saturated heterocycles. The van der Waals surface area contributed by atoms with E-state index in [1.807, 2.05) is 99.5 Å². The zero-order chi connectivity index (χ0) is 37.7. The van der Waals surface area contributed by atoms with Gasteiger partial charge in [-0.05, 0) is 94.1 Å². The predicted octanol–water partition coefficient (Wildman–Crippen LogP) is 5.61. The van der Waals surface area contributed by atoms with E-state index in [1.54, 1.807) is 0 Å². The van der Waals surface area contributed by atoms with Crippen LogP contribution < -0.4 is 26.8 Å². The summed E-state index contributed by atoms with van der Waals surface area (Å²) < 4.78 is 34.3. The van der Waals surface area contributed by atoms with Crippen LogP contribution in [0, 0.1) is 11.6 Å². The summed E-state index contributed by atoms with van der Waals surface area (Å²) in [5.74, 6) is -0.690. The summed E-state index contributed by atoms with van der Waals surface area (Å²) in [5.41, 5.74) is 15.9. The zero-order valence-corrected chi connectivity index (χ0v) is 31.9. The number of halogens is 2. The maximum Gasteiger partial charge on any atom is 0.154 e. The Kier molecular flexibility index (Phi) is 7.77. The van der Waals surface area contributed by atoms with Crippen molar-refractivity contribution >= 4 is 64.6 Å². The molecule has 0 atom stereocenters. The highest BCUT2D eigenvalue weighted by molar-refractivity contribution is 6.63. The molecule has 7 aromatic rings. The molecule has 1 nitrogen and oxygen atoms in total. The molecule has 0 unspecified atom stereocenters. The average molecular weight is 699 g/mol. The number of anilines is 2. The molecule has 7 heteroatoms. The summed E-state index contributed by atoms with van der Waals surface area (Å²) in [6.07, 6.45) is 0. The van der Waals surface area contributed by atoms with E-state index in [1.165, 1.54) is 38.9 Å². The Bertz CT molecular complexity index is 2610. The van der Waals surface area contributed by atoms with Gasteiger partial charge in [-0.2, -0.15) is 0 Å². The molecule has 7 aromatic carbocycles. The van der Waals surface area contributed by atoms with E-state index in [0.717, 1.165) is 38.6 Å². The van der Waals surface area contributed by atoms with Gasteiger partial charge in [0.2, 0.25) is 0 Å². The Hall–Kier alpha value is -5.54. The Morgan fingerprint density at radius 1 is 0.463 bits per heavy atom. The SMILES string of the molecule is Bc1c(B)c(B)c(N(c2cc(-c3cccc4c3-c3ccccc3C43c4ccccc4-c4ccccc43)cc(-c3ccccc3)c2F)C(C)(C)C)c(F)c1B. The third-order valence-electron chi connectivity index (χ3n) is 12.2. The molecule has 258 valence electrons. The number of hydrogen-bond donors (Lipinski definition) is 0. The summed E-state index contributed by atoms with van der Waals surface area (Å²) in [6.45, 7) is 6.08. The van der Waals surface area contributed by atoms with Crippen molar-refractivity contribution in [3.05, 3.63) is 167 Å². The first kappa shape index (κ1) is 34.2. The third kappa shape index (κ3) is 4.67. The van der Waals surface area contributed by atoms with Gasteiger partial charge in [0.1, 0.15) is 37.2 Å². The lowest BCUT2D eigenvalue weighted by Crippen LogP contribution is -2.53. The van der Waals surface area contributed by atoms with Crippen LogP contribution in [0.5, 0.6) is 0 Å². The van der Waals surface area contributed by atoms with Crippen molar-refractivity contribution in [1.82, 2.24) is 0 Å². The summed E-state index contributed by atoms with van der Waals surface area (Å²) in [5, 5.41) is 0. The lowest BCUT2D eigenvalue weighted by molar-refractivity contribution is 0.530. The van der Waals surface area contributed by atoms with Crippen LogP contribution in [0.3, 0.4) is 0 Å². The predicted molar refractivity (Wildman–Crippen MR) is 235 cm³/mol. The molecule has 0 N–H and O–H groups in total. The summed E-state index contributed by atoms with van der Waals surface area (Å²) in [4.78, 5) is 1.89. The molecule has 0 fully saturated rings. The second kappa shape index (κ2) is 12.2. The lowest BCUT2D eigenvalue weighted by atomic mass is 9.65. The average Bonchev–Trinajstić information content (AvgIpc) is 3.66. The third-order valence-corrected chi connectivity index (χ3v) is 12.2. The van der Waals surface area contributed by atoms with Gasteiger partial charge in [-0.15, -0.1) is 0 Å². The molecule has 0 bridgehead atoms.